The number of halogens is 1. The summed E-state index contributed by atoms with van der Waals surface area (Å²) in [5.74, 6) is -1.03. The molecule has 3 N–H and O–H groups in total. The Labute approximate surface area is 127 Å². The maximum atomic E-state index is 12.4. The molecule has 0 aliphatic carbocycles. The first kappa shape index (κ1) is 19.2. The largest absolute Gasteiger partial charge is 0.480 e. The molecular formula is C14H27ClN2O3. The normalized spacial score (nSPS) is 22.5. The van der Waals surface area contributed by atoms with Crippen LogP contribution in [0.2, 0.25) is 0 Å². The van der Waals surface area contributed by atoms with Crippen LogP contribution in [0.15, 0.2) is 0 Å². The van der Waals surface area contributed by atoms with E-state index in [9.17, 15) is 14.7 Å². The van der Waals surface area contributed by atoms with E-state index in [4.69, 9.17) is 5.73 Å². The number of amides is 1. The van der Waals surface area contributed by atoms with Gasteiger partial charge in [-0.2, -0.15) is 0 Å². The Balaban J connectivity index is 0.00000361. The highest BCUT2D eigenvalue weighted by atomic mass is 35.5. The van der Waals surface area contributed by atoms with Crippen molar-refractivity contribution in [1.82, 2.24) is 4.90 Å². The van der Waals surface area contributed by atoms with E-state index in [-0.39, 0.29) is 29.6 Å². The summed E-state index contributed by atoms with van der Waals surface area (Å²) in [7, 11) is 0. The van der Waals surface area contributed by atoms with Crippen LogP contribution in [-0.4, -0.2) is 40.5 Å². The first-order valence-electron chi connectivity index (χ1n) is 7.02. The number of carboxylic acids is 1. The molecule has 1 aliphatic heterocycles. The number of nitrogens with two attached hydrogens (primary N) is 1. The molecule has 1 rings (SSSR count). The fraction of sp³-hybridized carbons (Fsp3) is 0.857. The molecular weight excluding hydrogens is 280 g/mol. The van der Waals surface area contributed by atoms with Crippen LogP contribution in [0.5, 0.6) is 0 Å². The van der Waals surface area contributed by atoms with Crippen LogP contribution in [0, 0.1) is 11.3 Å². The molecule has 1 aliphatic rings. The minimum atomic E-state index is -0.935. The average Bonchev–Trinajstić information content (AvgIpc) is 2.66. The molecule has 0 saturated carbocycles. The number of carbonyl (C=O) groups excluding carboxylic acids is 1. The van der Waals surface area contributed by atoms with E-state index in [1.54, 1.807) is 0 Å². The van der Waals surface area contributed by atoms with Crippen molar-refractivity contribution in [2.75, 3.05) is 6.54 Å². The zero-order valence-corrected chi connectivity index (χ0v) is 13.6. The zero-order valence-electron chi connectivity index (χ0n) is 12.8. The lowest BCUT2D eigenvalue weighted by atomic mass is 9.91. The number of rotatable bonds is 5. The standard InChI is InChI=1S/C14H26N2O3.ClH/c1-5-9(6-2)11(15)12(17)16-8-14(3,4)7-10(16)13(18)19;/h9-11H,5-8,15H2,1-4H3,(H,18,19);1H/t10-,11-;/m0./s1. The second-order valence-corrected chi connectivity index (χ2v) is 6.29. The molecule has 0 aromatic heterocycles. The predicted octanol–water partition coefficient (Wildman–Crippen LogP) is 1.88. The summed E-state index contributed by atoms with van der Waals surface area (Å²) >= 11 is 0. The topological polar surface area (TPSA) is 83.6 Å². The van der Waals surface area contributed by atoms with Gasteiger partial charge in [-0.15, -0.1) is 12.4 Å². The van der Waals surface area contributed by atoms with Crippen molar-refractivity contribution in [2.45, 2.75) is 59.0 Å². The van der Waals surface area contributed by atoms with Crippen LogP contribution in [0.4, 0.5) is 0 Å². The minimum absolute atomic E-state index is 0. The summed E-state index contributed by atoms with van der Waals surface area (Å²) in [4.78, 5) is 25.2. The van der Waals surface area contributed by atoms with Gasteiger partial charge < -0.3 is 15.7 Å². The molecule has 2 atom stereocenters. The van der Waals surface area contributed by atoms with E-state index < -0.39 is 18.1 Å². The van der Waals surface area contributed by atoms with Gasteiger partial charge in [0.25, 0.3) is 0 Å². The molecule has 1 fully saturated rings. The van der Waals surface area contributed by atoms with Gasteiger partial charge in [0.05, 0.1) is 6.04 Å². The van der Waals surface area contributed by atoms with Gasteiger partial charge in [-0.05, 0) is 17.8 Å². The smallest absolute Gasteiger partial charge is 0.326 e. The Morgan fingerprint density at radius 3 is 2.25 bits per heavy atom. The third kappa shape index (κ3) is 4.09. The number of carbonyl (C=O) groups is 2. The first-order valence-corrected chi connectivity index (χ1v) is 7.02. The highest BCUT2D eigenvalue weighted by Gasteiger charge is 2.45. The Hall–Kier alpha value is -0.810. The van der Waals surface area contributed by atoms with E-state index in [1.807, 2.05) is 27.7 Å². The number of aliphatic carboxylic acids is 1. The summed E-state index contributed by atoms with van der Waals surface area (Å²) in [6.45, 7) is 8.45. The molecule has 0 radical (unpaired) electrons. The van der Waals surface area contributed by atoms with Crippen molar-refractivity contribution in [3.05, 3.63) is 0 Å². The monoisotopic (exact) mass is 306 g/mol. The highest BCUT2D eigenvalue weighted by molar-refractivity contribution is 5.87. The summed E-state index contributed by atoms with van der Waals surface area (Å²) in [6.07, 6.45) is 2.15. The number of nitrogens with zero attached hydrogens (tertiary/aromatic N) is 1. The third-order valence-electron chi connectivity index (χ3n) is 4.13. The molecule has 1 heterocycles. The number of carboxylic acid groups (broad SMARTS) is 1. The maximum absolute atomic E-state index is 12.4. The summed E-state index contributed by atoms with van der Waals surface area (Å²) < 4.78 is 0. The van der Waals surface area contributed by atoms with Gasteiger partial charge in [0.2, 0.25) is 5.91 Å². The van der Waals surface area contributed by atoms with Gasteiger partial charge in [-0.25, -0.2) is 4.79 Å². The van der Waals surface area contributed by atoms with Crippen LogP contribution >= 0.6 is 12.4 Å². The fourth-order valence-corrected chi connectivity index (χ4v) is 2.91. The summed E-state index contributed by atoms with van der Waals surface area (Å²) in [5.41, 5.74) is 5.87. The molecule has 6 heteroatoms. The molecule has 1 amide bonds. The van der Waals surface area contributed by atoms with Crippen molar-refractivity contribution in [1.29, 1.82) is 0 Å². The molecule has 0 spiro atoms. The predicted molar refractivity (Wildman–Crippen MR) is 80.8 cm³/mol. The summed E-state index contributed by atoms with van der Waals surface area (Å²) in [6, 6.07) is -1.33. The van der Waals surface area contributed by atoms with Crippen LogP contribution in [0.3, 0.4) is 0 Å². The van der Waals surface area contributed by atoms with Crippen molar-refractivity contribution in [3.8, 4) is 0 Å². The second kappa shape index (κ2) is 7.27. The van der Waals surface area contributed by atoms with E-state index in [0.29, 0.717) is 13.0 Å². The zero-order chi connectivity index (χ0) is 14.8. The van der Waals surface area contributed by atoms with E-state index in [0.717, 1.165) is 12.8 Å². The van der Waals surface area contributed by atoms with Gasteiger partial charge in [0.1, 0.15) is 6.04 Å². The van der Waals surface area contributed by atoms with Crippen molar-refractivity contribution < 1.29 is 14.7 Å². The molecule has 0 aromatic rings. The van der Waals surface area contributed by atoms with E-state index in [1.165, 1.54) is 4.90 Å². The number of hydrogen-bond donors (Lipinski definition) is 2. The number of likely N-dealkylation sites (tertiary alicyclic amines) is 1. The molecule has 118 valence electrons. The average molecular weight is 307 g/mol. The van der Waals surface area contributed by atoms with Crippen molar-refractivity contribution >= 4 is 24.3 Å². The Bertz CT molecular complexity index is 356. The fourth-order valence-electron chi connectivity index (χ4n) is 2.91. The van der Waals surface area contributed by atoms with Crippen LogP contribution in [0.1, 0.15) is 47.0 Å². The number of hydrogen-bond acceptors (Lipinski definition) is 3. The molecule has 0 unspecified atom stereocenters. The van der Waals surface area contributed by atoms with Gasteiger partial charge in [-0.3, -0.25) is 4.79 Å². The van der Waals surface area contributed by atoms with Crippen LogP contribution < -0.4 is 5.73 Å². The molecule has 1 saturated heterocycles. The lowest BCUT2D eigenvalue weighted by Gasteiger charge is -2.29. The van der Waals surface area contributed by atoms with E-state index in [2.05, 4.69) is 0 Å². The van der Waals surface area contributed by atoms with Crippen molar-refractivity contribution in [3.63, 3.8) is 0 Å². The van der Waals surface area contributed by atoms with Gasteiger partial charge >= 0.3 is 5.97 Å². The highest BCUT2D eigenvalue weighted by Crippen LogP contribution is 2.34. The third-order valence-corrected chi connectivity index (χ3v) is 4.13. The lowest BCUT2D eigenvalue weighted by molar-refractivity contribution is -0.149. The lowest BCUT2D eigenvalue weighted by Crippen LogP contribution is -2.51. The second-order valence-electron chi connectivity index (χ2n) is 6.29. The Morgan fingerprint density at radius 2 is 1.85 bits per heavy atom. The molecule has 0 aromatic carbocycles. The quantitative estimate of drug-likeness (QED) is 0.812. The van der Waals surface area contributed by atoms with Crippen LogP contribution in [0.25, 0.3) is 0 Å². The Kier molecular flexibility index (Phi) is 6.98. The van der Waals surface area contributed by atoms with Gasteiger partial charge in [-0.1, -0.05) is 40.5 Å². The molecule has 0 bridgehead atoms. The SMILES string of the molecule is CCC(CC)[C@H](N)C(=O)N1CC(C)(C)C[C@H]1C(=O)O.Cl. The minimum Gasteiger partial charge on any atom is -0.480 e. The molecule has 5 nitrogen and oxygen atoms in total. The van der Waals surface area contributed by atoms with Gasteiger partial charge in [0, 0.05) is 6.54 Å². The van der Waals surface area contributed by atoms with Gasteiger partial charge in [0.15, 0.2) is 0 Å². The van der Waals surface area contributed by atoms with E-state index >= 15 is 0 Å². The van der Waals surface area contributed by atoms with Crippen LogP contribution in [-0.2, 0) is 9.59 Å². The van der Waals surface area contributed by atoms with Crippen molar-refractivity contribution in [2.24, 2.45) is 17.1 Å². The maximum Gasteiger partial charge on any atom is 0.326 e. The summed E-state index contributed by atoms with van der Waals surface area (Å²) in [5, 5.41) is 9.26. The molecule has 20 heavy (non-hydrogen) atoms. The first-order chi connectivity index (χ1) is 8.73. The Morgan fingerprint density at radius 1 is 1.35 bits per heavy atom.